The number of amides is 2. The number of unbranched alkanes of at least 4 members (excludes halogenated alkanes) is 12. The first-order valence-electron chi connectivity index (χ1n) is 14.8. The molecule has 0 aliphatic heterocycles. The van der Waals surface area contributed by atoms with Crippen LogP contribution in [0.4, 0.5) is 0 Å². The number of rotatable bonds is 24. The molecule has 11 nitrogen and oxygen atoms in total. The minimum absolute atomic E-state index is 0.0143. The summed E-state index contributed by atoms with van der Waals surface area (Å²) < 4.78 is 0. The van der Waals surface area contributed by atoms with Crippen molar-refractivity contribution < 1.29 is 44.4 Å². The summed E-state index contributed by atoms with van der Waals surface area (Å²) in [6, 6.07) is 2.85. The van der Waals surface area contributed by atoms with E-state index in [2.05, 4.69) is 10.6 Å². The molecule has 1 rings (SSSR count). The van der Waals surface area contributed by atoms with Crippen molar-refractivity contribution in [2.75, 3.05) is 6.54 Å². The fraction of sp³-hybridized carbons (Fsp3) is 0.643. The van der Waals surface area contributed by atoms with Crippen LogP contribution in [0.1, 0.15) is 113 Å². The van der Waals surface area contributed by atoms with E-state index in [0.29, 0.717) is 19.3 Å². The number of benzene rings is 1. The van der Waals surface area contributed by atoms with Crippen LogP contribution in [-0.2, 0) is 14.4 Å². The maximum atomic E-state index is 12.4. The predicted molar refractivity (Wildman–Crippen MR) is 158 cm³/mol. The van der Waals surface area contributed by atoms with Crippen molar-refractivity contribution in [1.29, 1.82) is 0 Å². The fourth-order valence-corrected chi connectivity index (χ4v) is 4.52. The Morgan fingerprint density at radius 2 is 1.20 bits per heavy atom. The van der Waals surface area contributed by atoms with Crippen molar-refractivity contribution in [2.24, 2.45) is 0 Å². The molecule has 0 fully saturated rings. The highest BCUT2D eigenvalue weighted by molar-refractivity contribution is 6.62. The first kappa shape index (κ1) is 36.3. The quantitative estimate of drug-likeness (QED) is 0.0529. The molecule has 1 aromatic rings. The highest BCUT2D eigenvalue weighted by Gasteiger charge is 2.21. The lowest BCUT2D eigenvalue weighted by Crippen LogP contribution is -2.40. The molecular formula is C28H46B2N2O9. The van der Waals surface area contributed by atoms with E-state index in [9.17, 15) is 39.3 Å². The van der Waals surface area contributed by atoms with Crippen LogP contribution in [-0.4, -0.2) is 76.1 Å². The van der Waals surface area contributed by atoms with Gasteiger partial charge in [0.05, 0.1) is 0 Å². The average molecular weight is 576 g/mol. The highest BCUT2D eigenvalue weighted by Crippen LogP contribution is 2.13. The topological polar surface area (TPSA) is 193 Å². The zero-order valence-electron chi connectivity index (χ0n) is 23.9. The van der Waals surface area contributed by atoms with Gasteiger partial charge >= 0.3 is 20.2 Å². The summed E-state index contributed by atoms with van der Waals surface area (Å²) in [6.45, 7) is 0.483. The molecule has 41 heavy (non-hydrogen) atoms. The number of hydrogen-bond donors (Lipinski definition) is 7. The Morgan fingerprint density at radius 3 is 1.63 bits per heavy atom. The van der Waals surface area contributed by atoms with Crippen molar-refractivity contribution in [3.8, 4) is 0 Å². The molecule has 0 unspecified atom stereocenters. The standard InChI is InChI=1S/C28H46B2N2O9/c33-18-14-15-25(28(36)37)32-26(34)16-12-10-8-6-4-2-1-3-5-7-9-11-13-17-31-27(35)22-19-23(29(38)39)21-24(20-22)30(40)41/h18-21,25,38-41H,1-17H2,(H,31,35)(H,32,34)(H,36,37)/t25-/m0/s1. The maximum Gasteiger partial charge on any atom is 0.488 e. The molecule has 0 bridgehead atoms. The molecule has 0 spiro atoms. The van der Waals surface area contributed by atoms with E-state index in [0.717, 1.165) is 57.8 Å². The van der Waals surface area contributed by atoms with Crippen LogP contribution in [0.3, 0.4) is 0 Å². The van der Waals surface area contributed by atoms with Crippen molar-refractivity contribution >= 4 is 49.2 Å². The lowest BCUT2D eigenvalue weighted by molar-refractivity contribution is -0.142. The molecule has 0 saturated carbocycles. The zero-order chi connectivity index (χ0) is 30.5. The van der Waals surface area contributed by atoms with E-state index in [4.69, 9.17) is 5.11 Å². The lowest BCUT2D eigenvalue weighted by atomic mass is 9.72. The second-order valence-corrected chi connectivity index (χ2v) is 10.4. The predicted octanol–water partition coefficient (Wildman–Crippen LogP) is 0.786. The van der Waals surface area contributed by atoms with E-state index in [-0.39, 0.29) is 35.2 Å². The smallest absolute Gasteiger partial charge is 0.480 e. The number of aldehydes is 1. The van der Waals surface area contributed by atoms with Gasteiger partial charge in [0.2, 0.25) is 5.91 Å². The fourth-order valence-electron chi connectivity index (χ4n) is 4.52. The van der Waals surface area contributed by atoms with Gasteiger partial charge in [-0.3, -0.25) is 9.59 Å². The van der Waals surface area contributed by atoms with Gasteiger partial charge in [0, 0.05) is 24.9 Å². The molecule has 0 aromatic heterocycles. The number of carboxylic acids is 1. The third-order valence-electron chi connectivity index (χ3n) is 6.91. The Kier molecular flexibility index (Phi) is 19.4. The molecule has 0 aliphatic rings. The van der Waals surface area contributed by atoms with Gasteiger partial charge in [-0.05, 0) is 42.3 Å². The first-order chi connectivity index (χ1) is 19.6. The molecule has 228 valence electrons. The molecule has 13 heteroatoms. The summed E-state index contributed by atoms with van der Waals surface area (Å²) in [5, 5.41) is 51.7. The normalized spacial score (nSPS) is 11.5. The monoisotopic (exact) mass is 576 g/mol. The second-order valence-electron chi connectivity index (χ2n) is 10.4. The van der Waals surface area contributed by atoms with E-state index >= 15 is 0 Å². The van der Waals surface area contributed by atoms with Gasteiger partial charge in [-0.1, -0.05) is 76.7 Å². The summed E-state index contributed by atoms with van der Waals surface area (Å²) in [5.41, 5.74) is 0.168. The lowest BCUT2D eigenvalue weighted by Gasteiger charge is -2.13. The SMILES string of the molecule is O=CCC[C@H](NC(=O)CCCCCCCCCCCCCCCNC(=O)c1cc(B(O)O)cc(B(O)O)c1)C(=O)O. The van der Waals surface area contributed by atoms with Crippen molar-refractivity contribution in [3.05, 3.63) is 23.8 Å². The molecule has 1 atom stereocenters. The summed E-state index contributed by atoms with van der Waals surface area (Å²) in [4.78, 5) is 45.7. The van der Waals surface area contributed by atoms with Gasteiger partial charge in [-0.15, -0.1) is 0 Å². The molecule has 7 N–H and O–H groups in total. The van der Waals surface area contributed by atoms with Crippen molar-refractivity contribution in [1.82, 2.24) is 10.6 Å². The number of carbonyl (C=O) groups excluding carboxylic acids is 3. The molecule has 2 amide bonds. The number of aliphatic carboxylic acids is 1. The molecule has 1 aromatic carbocycles. The number of carbonyl (C=O) groups is 4. The van der Waals surface area contributed by atoms with E-state index in [1.54, 1.807) is 0 Å². The van der Waals surface area contributed by atoms with Gasteiger partial charge in [-0.25, -0.2) is 4.79 Å². The van der Waals surface area contributed by atoms with Crippen molar-refractivity contribution in [2.45, 2.75) is 109 Å². The number of carboxylic acid groups (broad SMARTS) is 1. The van der Waals surface area contributed by atoms with Crippen LogP contribution >= 0.6 is 0 Å². The van der Waals surface area contributed by atoms with Crippen LogP contribution in [0, 0.1) is 0 Å². The molecule has 0 heterocycles. The summed E-state index contributed by atoms with van der Waals surface area (Å²) in [5.74, 6) is -1.80. The molecule has 0 aliphatic carbocycles. The number of hydrogen-bond acceptors (Lipinski definition) is 8. The highest BCUT2D eigenvalue weighted by atomic mass is 16.4. The van der Waals surface area contributed by atoms with Crippen LogP contribution < -0.4 is 21.6 Å². The minimum atomic E-state index is -1.82. The van der Waals surface area contributed by atoms with Gasteiger partial charge in [0.25, 0.3) is 5.91 Å². The Bertz CT molecular complexity index is 906. The Hall–Kier alpha value is -2.73. The van der Waals surface area contributed by atoms with Crippen LogP contribution in [0.5, 0.6) is 0 Å². The first-order valence-corrected chi connectivity index (χ1v) is 14.8. The van der Waals surface area contributed by atoms with E-state index < -0.39 is 32.2 Å². The van der Waals surface area contributed by atoms with Crippen LogP contribution in [0.2, 0.25) is 0 Å². The van der Waals surface area contributed by atoms with Gasteiger partial charge in [0.1, 0.15) is 12.3 Å². The molecular weight excluding hydrogens is 530 g/mol. The molecule has 0 radical (unpaired) electrons. The van der Waals surface area contributed by atoms with Gasteiger partial charge in [-0.2, -0.15) is 0 Å². The molecule has 0 saturated heterocycles. The Balaban J connectivity index is 1.99. The Morgan fingerprint density at radius 1 is 0.732 bits per heavy atom. The Labute approximate surface area is 243 Å². The van der Waals surface area contributed by atoms with Gasteiger partial charge in [0.15, 0.2) is 0 Å². The third-order valence-corrected chi connectivity index (χ3v) is 6.91. The second kappa shape index (κ2) is 21.9. The largest absolute Gasteiger partial charge is 0.488 e. The average Bonchev–Trinajstić information content (AvgIpc) is 2.94. The maximum absolute atomic E-state index is 12.4. The zero-order valence-corrected chi connectivity index (χ0v) is 23.9. The summed E-state index contributed by atoms with van der Waals surface area (Å²) in [6.07, 6.45) is 15.0. The van der Waals surface area contributed by atoms with Crippen molar-refractivity contribution in [3.63, 3.8) is 0 Å². The number of nitrogens with one attached hydrogen (secondary N) is 2. The summed E-state index contributed by atoms with van der Waals surface area (Å²) >= 11 is 0. The van der Waals surface area contributed by atoms with E-state index in [1.165, 1.54) is 43.9 Å². The third kappa shape index (κ3) is 17.0. The summed E-state index contributed by atoms with van der Waals surface area (Å²) in [7, 11) is -3.64. The van der Waals surface area contributed by atoms with Crippen LogP contribution in [0.15, 0.2) is 18.2 Å². The van der Waals surface area contributed by atoms with Crippen LogP contribution in [0.25, 0.3) is 0 Å². The van der Waals surface area contributed by atoms with E-state index in [1.807, 2.05) is 0 Å². The minimum Gasteiger partial charge on any atom is -0.480 e. The van der Waals surface area contributed by atoms with Gasteiger partial charge < -0.3 is 40.6 Å².